The third kappa shape index (κ3) is 3.39. The highest BCUT2D eigenvalue weighted by atomic mass is 32.3. The van der Waals surface area contributed by atoms with Gasteiger partial charge in [-0.2, -0.15) is 8.42 Å². The van der Waals surface area contributed by atoms with Gasteiger partial charge >= 0.3 is 0 Å². The molecule has 0 saturated carbocycles. The van der Waals surface area contributed by atoms with Crippen molar-refractivity contribution in [2.24, 2.45) is 3.77 Å². The molecular weight excluding hydrogens is 318 g/mol. The highest BCUT2D eigenvalue weighted by Gasteiger charge is 2.23. The van der Waals surface area contributed by atoms with E-state index in [0.717, 1.165) is 5.56 Å². The summed E-state index contributed by atoms with van der Waals surface area (Å²) in [5, 5.41) is -0.421. The summed E-state index contributed by atoms with van der Waals surface area (Å²) in [5.74, 6) is 0. The van der Waals surface area contributed by atoms with Crippen LogP contribution in [0.2, 0.25) is 0 Å². The van der Waals surface area contributed by atoms with Crippen LogP contribution in [0.5, 0.6) is 0 Å². The van der Waals surface area contributed by atoms with Crippen molar-refractivity contribution in [2.45, 2.75) is 35.8 Å². The summed E-state index contributed by atoms with van der Waals surface area (Å²) in [6.07, 6.45) is 0. The fourth-order valence-corrected chi connectivity index (χ4v) is 6.03. The average molecular weight is 337 g/mol. The van der Waals surface area contributed by atoms with Gasteiger partial charge in [-0.1, -0.05) is 35.9 Å². The molecule has 2 aromatic carbocycles. The van der Waals surface area contributed by atoms with E-state index in [1.54, 1.807) is 56.3 Å². The van der Waals surface area contributed by atoms with Crippen molar-refractivity contribution >= 4 is 19.8 Å². The fraction of sp³-hybridized carbons (Fsp3) is 0.250. The monoisotopic (exact) mass is 337 g/mol. The predicted molar refractivity (Wildman–Crippen MR) is 88.8 cm³/mol. The number of nitrogens with zero attached hydrogens (tertiary/aromatic N) is 1. The first-order valence-electron chi connectivity index (χ1n) is 6.90. The van der Waals surface area contributed by atoms with Crippen LogP contribution < -0.4 is 0 Å². The maximum Gasteiger partial charge on any atom is 0.290 e. The summed E-state index contributed by atoms with van der Waals surface area (Å²) < 4.78 is 42.0. The lowest BCUT2D eigenvalue weighted by Crippen LogP contribution is -2.16. The molecule has 6 heteroatoms. The number of rotatable bonds is 4. The van der Waals surface area contributed by atoms with E-state index in [4.69, 9.17) is 0 Å². The van der Waals surface area contributed by atoms with Crippen molar-refractivity contribution < 1.29 is 12.6 Å². The van der Waals surface area contributed by atoms with Crippen molar-refractivity contribution in [1.82, 2.24) is 0 Å². The molecule has 0 aliphatic carbocycles. The summed E-state index contributed by atoms with van der Waals surface area (Å²) >= 11 is 0. The van der Waals surface area contributed by atoms with Gasteiger partial charge in [-0.25, -0.2) is 4.21 Å². The molecule has 0 amide bonds. The van der Waals surface area contributed by atoms with Crippen molar-refractivity contribution in [2.75, 3.05) is 0 Å². The zero-order chi connectivity index (χ0) is 16.4. The third-order valence-corrected chi connectivity index (χ3v) is 8.01. The zero-order valence-corrected chi connectivity index (χ0v) is 14.4. The normalized spacial score (nSPS) is 14.5. The molecule has 0 aliphatic rings. The number of hydrogen-bond acceptors (Lipinski definition) is 3. The summed E-state index contributed by atoms with van der Waals surface area (Å²) in [4.78, 5) is 0.489. The summed E-state index contributed by atoms with van der Waals surface area (Å²) in [5.41, 5.74) is 0.951. The molecule has 0 aromatic heterocycles. The van der Waals surface area contributed by atoms with Gasteiger partial charge in [0, 0.05) is 10.1 Å². The van der Waals surface area contributed by atoms with Crippen LogP contribution in [0.25, 0.3) is 0 Å². The zero-order valence-electron chi connectivity index (χ0n) is 12.8. The van der Waals surface area contributed by atoms with E-state index in [2.05, 4.69) is 3.77 Å². The van der Waals surface area contributed by atoms with E-state index in [1.165, 1.54) is 12.1 Å². The molecule has 0 bridgehead atoms. The molecule has 0 saturated heterocycles. The Morgan fingerprint density at radius 3 is 1.86 bits per heavy atom. The van der Waals surface area contributed by atoms with E-state index < -0.39 is 25.0 Å². The Morgan fingerprint density at radius 1 is 0.818 bits per heavy atom. The minimum atomic E-state index is -3.98. The predicted octanol–water partition coefficient (Wildman–Crippen LogP) is 3.62. The highest BCUT2D eigenvalue weighted by Crippen LogP contribution is 2.23. The van der Waals surface area contributed by atoms with Gasteiger partial charge < -0.3 is 0 Å². The van der Waals surface area contributed by atoms with Gasteiger partial charge in [0.25, 0.3) is 10.0 Å². The van der Waals surface area contributed by atoms with E-state index in [0.29, 0.717) is 4.90 Å². The molecular formula is C16H19NO3S2. The molecule has 4 nitrogen and oxygen atoms in total. The molecule has 1 atom stereocenters. The van der Waals surface area contributed by atoms with Gasteiger partial charge in [-0.15, -0.1) is 3.77 Å². The van der Waals surface area contributed by atoms with Crippen LogP contribution in [0.3, 0.4) is 0 Å². The van der Waals surface area contributed by atoms with Gasteiger partial charge in [0.05, 0.1) is 14.6 Å². The maximum atomic E-state index is 13.2. The van der Waals surface area contributed by atoms with Gasteiger partial charge in [0.15, 0.2) is 0 Å². The summed E-state index contributed by atoms with van der Waals surface area (Å²) in [7, 11) is -7.04. The second kappa shape index (κ2) is 6.22. The molecule has 0 spiro atoms. The van der Waals surface area contributed by atoms with Gasteiger partial charge in [0.2, 0.25) is 0 Å². The van der Waals surface area contributed by atoms with Crippen LogP contribution >= 0.6 is 0 Å². The molecule has 0 N–H and O–H groups in total. The standard InChI is InChI=1S/C16H19NO3S2/c1-13(2)21(18,15-7-5-4-6-8-15)17-22(19,20)16-11-9-14(3)10-12-16/h4-13H,1-3H3. The lowest BCUT2D eigenvalue weighted by Gasteiger charge is -2.14. The van der Waals surface area contributed by atoms with E-state index in [1.807, 2.05) is 6.92 Å². The number of aryl methyl sites for hydroxylation is 1. The van der Waals surface area contributed by atoms with E-state index in [-0.39, 0.29) is 4.90 Å². The topological polar surface area (TPSA) is 63.6 Å². The lowest BCUT2D eigenvalue weighted by molar-refractivity contribution is 0.597. The van der Waals surface area contributed by atoms with Crippen LogP contribution in [-0.2, 0) is 19.8 Å². The third-order valence-electron chi connectivity index (χ3n) is 3.25. The van der Waals surface area contributed by atoms with Crippen molar-refractivity contribution in [3.8, 4) is 0 Å². The Labute approximate surface area is 132 Å². The van der Waals surface area contributed by atoms with E-state index in [9.17, 15) is 12.6 Å². The highest BCUT2D eigenvalue weighted by molar-refractivity contribution is 8.03. The van der Waals surface area contributed by atoms with Gasteiger partial charge in [-0.05, 0) is 45.0 Å². The van der Waals surface area contributed by atoms with Crippen molar-refractivity contribution in [3.05, 3.63) is 60.2 Å². The minimum Gasteiger partial charge on any atom is -0.243 e. The second-order valence-electron chi connectivity index (χ2n) is 5.29. The van der Waals surface area contributed by atoms with Crippen LogP contribution in [0, 0.1) is 6.92 Å². The molecule has 0 heterocycles. The number of sulfonamides is 1. The first kappa shape index (κ1) is 16.7. The van der Waals surface area contributed by atoms with Gasteiger partial charge in [-0.3, -0.25) is 0 Å². The van der Waals surface area contributed by atoms with Crippen LogP contribution in [0.4, 0.5) is 0 Å². The van der Waals surface area contributed by atoms with Gasteiger partial charge in [0.1, 0.15) is 0 Å². The largest absolute Gasteiger partial charge is 0.290 e. The van der Waals surface area contributed by atoms with Crippen LogP contribution in [-0.4, -0.2) is 17.9 Å². The fourth-order valence-electron chi connectivity index (χ4n) is 1.92. The lowest BCUT2D eigenvalue weighted by atomic mass is 10.2. The minimum absolute atomic E-state index is 0.0578. The Hall–Kier alpha value is -1.66. The number of benzene rings is 2. The van der Waals surface area contributed by atoms with Crippen LogP contribution in [0.1, 0.15) is 19.4 Å². The Balaban J connectivity index is 2.65. The maximum absolute atomic E-state index is 13.2. The van der Waals surface area contributed by atoms with Crippen molar-refractivity contribution in [1.29, 1.82) is 0 Å². The molecule has 0 aliphatic heterocycles. The second-order valence-corrected chi connectivity index (χ2v) is 9.86. The Bertz CT molecular complexity index is 861. The average Bonchev–Trinajstić information content (AvgIpc) is 2.48. The first-order valence-corrected chi connectivity index (χ1v) is 9.91. The SMILES string of the molecule is Cc1ccc(S(=O)(=O)N=S(=O)(c2ccccc2)C(C)C)cc1. The van der Waals surface area contributed by atoms with E-state index >= 15 is 0 Å². The summed E-state index contributed by atoms with van der Waals surface area (Å²) in [6.45, 7) is 5.29. The first-order chi connectivity index (χ1) is 10.3. The molecule has 1 unspecified atom stereocenters. The molecule has 2 rings (SSSR count). The smallest absolute Gasteiger partial charge is 0.243 e. The molecule has 118 valence electrons. The Morgan fingerprint density at radius 2 is 1.36 bits per heavy atom. The summed E-state index contributed by atoms with van der Waals surface area (Å²) in [6, 6.07) is 14.9. The molecule has 2 aromatic rings. The molecule has 0 fully saturated rings. The Kier molecular flexibility index (Phi) is 4.72. The van der Waals surface area contributed by atoms with Crippen molar-refractivity contribution in [3.63, 3.8) is 0 Å². The number of hydrogen-bond donors (Lipinski definition) is 0. The molecule has 0 radical (unpaired) electrons. The molecule has 22 heavy (non-hydrogen) atoms. The quantitative estimate of drug-likeness (QED) is 0.856. The van der Waals surface area contributed by atoms with Crippen LogP contribution in [0.15, 0.2) is 68.2 Å².